The number of aryl methyl sites for hydroxylation is 1. The molecular formula is C21H17N5O. The van der Waals surface area contributed by atoms with Crippen molar-refractivity contribution < 1.29 is 4.42 Å². The van der Waals surface area contributed by atoms with Gasteiger partial charge in [0.05, 0.1) is 17.6 Å². The van der Waals surface area contributed by atoms with Crippen LogP contribution in [0.15, 0.2) is 71.8 Å². The average Bonchev–Trinajstić information content (AvgIpc) is 3.19. The minimum Gasteiger partial charge on any atom is -0.415 e. The van der Waals surface area contributed by atoms with Gasteiger partial charge in [0.2, 0.25) is 5.89 Å². The Balaban J connectivity index is 1.71. The lowest BCUT2D eigenvalue weighted by Gasteiger charge is -2.06. The van der Waals surface area contributed by atoms with Gasteiger partial charge in [0.15, 0.2) is 0 Å². The molecule has 0 bridgehead atoms. The Labute approximate surface area is 156 Å². The quantitative estimate of drug-likeness (QED) is 0.593. The smallest absolute Gasteiger partial charge is 0.268 e. The van der Waals surface area contributed by atoms with E-state index in [4.69, 9.17) is 10.2 Å². The maximum Gasteiger partial charge on any atom is 0.268 e. The van der Waals surface area contributed by atoms with Gasteiger partial charge >= 0.3 is 0 Å². The third kappa shape index (κ3) is 3.32. The van der Waals surface area contributed by atoms with Crippen LogP contribution in [-0.2, 0) is 0 Å². The topological polar surface area (TPSA) is 90.7 Å². The Kier molecular flexibility index (Phi) is 4.22. The Hall–Kier alpha value is -3.80. The summed E-state index contributed by atoms with van der Waals surface area (Å²) in [5.74, 6) is 0.788. The molecule has 4 aromatic rings. The van der Waals surface area contributed by atoms with Gasteiger partial charge in [-0.15, -0.1) is 10.2 Å². The van der Waals surface area contributed by atoms with Crippen LogP contribution < -0.4 is 5.73 Å². The molecule has 6 heteroatoms. The van der Waals surface area contributed by atoms with E-state index in [1.807, 2.05) is 61.5 Å². The van der Waals surface area contributed by atoms with Crippen molar-refractivity contribution in [2.24, 2.45) is 5.73 Å². The molecule has 2 aromatic heterocycles. The number of benzene rings is 2. The molecule has 2 heterocycles. The van der Waals surface area contributed by atoms with Gasteiger partial charge in [0.1, 0.15) is 5.69 Å². The molecule has 4 rings (SSSR count). The Morgan fingerprint density at radius 2 is 1.63 bits per heavy atom. The van der Waals surface area contributed by atoms with Crippen LogP contribution in [0.1, 0.15) is 11.3 Å². The monoisotopic (exact) mass is 355 g/mol. The van der Waals surface area contributed by atoms with Crippen LogP contribution in [0.5, 0.6) is 0 Å². The number of nitrogens with zero attached hydrogens (tertiary/aromatic N) is 4. The molecule has 27 heavy (non-hydrogen) atoms. The zero-order valence-corrected chi connectivity index (χ0v) is 14.8. The SMILES string of the molecule is C=C(N)c1ccc(-c2cnc(C)c(-c3nnc(-c4ccccc4)o3)n2)cc1. The molecule has 0 amide bonds. The van der Waals surface area contributed by atoms with Crippen LogP contribution in [0, 0.1) is 6.92 Å². The number of rotatable bonds is 4. The summed E-state index contributed by atoms with van der Waals surface area (Å²) >= 11 is 0. The maximum atomic E-state index is 5.83. The van der Waals surface area contributed by atoms with E-state index in [2.05, 4.69) is 26.7 Å². The van der Waals surface area contributed by atoms with E-state index >= 15 is 0 Å². The normalized spacial score (nSPS) is 10.7. The van der Waals surface area contributed by atoms with Gasteiger partial charge in [0, 0.05) is 16.8 Å². The summed E-state index contributed by atoms with van der Waals surface area (Å²) in [7, 11) is 0. The molecule has 0 saturated heterocycles. The average molecular weight is 355 g/mol. The van der Waals surface area contributed by atoms with Crippen molar-refractivity contribution in [2.45, 2.75) is 6.92 Å². The lowest BCUT2D eigenvalue weighted by Crippen LogP contribution is -1.96. The fourth-order valence-electron chi connectivity index (χ4n) is 2.66. The molecule has 0 aliphatic heterocycles. The van der Waals surface area contributed by atoms with E-state index < -0.39 is 0 Å². The number of nitrogens with two attached hydrogens (primary N) is 1. The van der Waals surface area contributed by atoms with E-state index in [-0.39, 0.29) is 0 Å². The van der Waals surface area contributed by atoms with E-state index in [0.29, 0.717) is 34.6 Å². The second-order valence-electron chi connectivity index (χ2n) is 6.07. The first kappa shape index (κ1) is 16.7. The minimum absolute atomic E-state index is 0.340. The van der Waals surface area contributed by atoms with Crippen LogP contribution in [0.3, 0.4) is 0 Å². The highest BCUT2D eigenvalue weighted by Gasteiger charge is 2.16. The molecule has 6 nitrogen and oxygen atoms in total. The van der Waals surface area contributed by atoms with E-state index in [9.17, 15) is 0 Å². The molecule has 2 N–H and O–H groups in total. The summed E-state index contributed by atoms with van der Waals surface area (Å²) in [5.41, 5.74) is 10.9. The number of hydrogen-bond acceptors (Lipinski definition) is 6. The molecule has 0 atom stereocenters. The highest BCUT2D eigenvalue weighted by atomic mass is 16.4. The maximum absolute atomic E-state index is 5.83. The Bertz CT molecular complexity index is 1100. The first-order valence-corrected chi connectivity index (χ1v) is 8.40. The second kappa shape index (κ2) is 6.84. The van der Waals surface area contributed by atoms with Gasteiger partial charge in [-0.25, -0.2) is 4.98 Å². The van der Waals surface area contributed by atoms with E-state index in [1.165, 1.54) is 0 Å². The second-order valence-corrected chi connectivity index (χ2v) is 6.07. The van der Waals surface area contributed by atoms with Crippen LogP contribution in [0.2, 0.25) is 0 Å². The van der Waals surface area contributed by atoms with Crippen molar-refractivity contribution in [1.29, 1.82) is 0 Å². The fourth-order valence-corrected chi connectivity index (χ4v) is 2.66. The van der Waals surface area contributed by atoms with Crippen molar-refractivity contribution in [3.8, 4) is 34.3 Å². The molecule has 0 aliphatic rings. The predicted octanol–water partition coefficient (Wildman–Crippen LogP) is 4.10. The van der Waals surface area contributed by atoms with Gasteiger partial charge in [-0.2, -0.15) is 0 Å². The van der Waals surface area contributed by atoms with Gasteiger partial charge in [0.25, 0.3) is 5.89 Å². The zero-order valence-electron chi connectivity index (χ0n) is 14.8. The van der Waals surface area contributed by atoms with Gasteiger partial charge in [-0.1, -0.05) is 49.0 Å². The highest BCUT2D eigenvalue weighted by Crippen LogP contribution is 2.26. The fraction of sp³-hybridized carbons (Fsp3) is 0.0476. The molecular weight excluding hydrogens is 338 g/mol. The standard InChI is InChI=1S/C21H17N5O/c1-13(22)15-8-10-16(11-9-15)18-12-23-14(2)19(24-18)21-26-25-20(27-21)17-6-4-3-5-7-17/h3-12H,1,22H2,2H3. The summed E-state index contributed by atoms with van der Waals surface area (Å²) in [6.07, 6.45) is 1.72. The summed E-state index contributed by atoms with van der Waals surface area (Å²) < 4.78 is 5.83. The third-order valence-electron chi connectivity index (χ3n) is 4.16. The predicted molar refractivity (Wildman–Crippen MR) is 104 cm³/mol. The van der Waals surface area contributed by atoms with Crippen LogP contribution in [0.4, 0.5) is 0 Å². The number of aromatic nitrogens is 4. The molecule has 2 aromatic carbocycles. The van der Waals surface area contributed by atoms with Crippen LogP contribution in [-0.4, -0.2) is 20.2 Å². The Morgan fingerprint density at radius 3 is 2.33 bits per heavy atom. The van der Waals surface area contributed by atoms with Gasteiger partial charge in [-0.3, -0.25) is 4.98 Å². The molecule has 132 valence electrons. The summed E-state index contributed by atoms with van der Waals surface area (Å²) in [5, 5.41) is 8.28. The highest BCUT2D eigenvalue weighted by molar-refractivity contribution is 5.67. The summed E-state index contributed by atoms with van der Waals surface area (Å²) in [4.78, 5) is 9.12. The van der Waals surface area contributed by atoms with Gasteiger partial charge < -0.3 is 10.2 Å². The van der Waals surface area contributed by atoms with Crippen LogP contribution in [0.25, 0.3) is 40.0 Å². The van der Waals surface area contributed by atoms with E-state index in [0.717, 1.165) is 16.7 Å². The van der Waals surface area contributed by atoms with Crippen LogP contribution >= 0.6 is 0 Å². The molecule has 0 fully saturated rings. The third-order valence-corrected chi connectivity index (χ3v) is 4.16. The lowest BCUT2D eigenvalue weighted by atomic mass is 10.1. The molecule has 0 saturated carbocycles. The van der Waals surface area contributed by atoms with Gasteiger partial charge in [-0.05, 0) is 24.6 Å². The van der Waals surface area contributed by atoms with E-state index in [1.54, 1.807) is 6.20 Å². The van der Waals surface area contributed by atoms with Crippen molar-refractivity contribution in [1.82, 2.24) is 20.2 Å². The molecule has 0 spiro atoms. The molecule has 0 aliphatic carbocycles. The first-order chi connectivity index (χ1) is 13.1. The van der Waals surface area contributed by atoms with Crippen molar-refractivity contribution in [3.05, 3.63) is 78.6 Å². The summed E-state index contributed by atoms with van der Waals surface area (Å²) in [6, 6.07) is 17.3. The number of hydrogen-bond donors (Lipinski definition) is 1. The minimum atomic E-state index is 0.340. The molecule has 0 radical (unpaired) electrons. The zero-order chi connectivity index (χ0) is 18.8. The summed E-state index contributed by atoms with van der Waals surface area (Å²) in [6.45, 7) is 5.60. The molecule has 0 unspecified atom stereocenters. The first-order valence-electron chi connectivity index (χ1n) is 8.40. The van der Waals surface area contributed by atoms with Crippen molar-refractivity contribution >= 4 is 5.70 Å². The van der Waals surface area contributed by atoms with Crippen molar-refractivity contribution in [3.63, 3.8) is 0 Å². The largest absolute Gasteiger partial charge is 0.415 e. The Morgan fingerprint density at radius 1 is 0.926 bits per heavy atom. The van der Waals surface area contributed by atoms with Crippen molar-refractivity contribution in [2.75, 3.05) is 0 Å². The lowest BCUT2D eigenvalue weighted by molar-refractivity contribution is 0.581.